The third-order valence-corrected chi connectivity index (χ3v) is 3.81. The number of nitro groups is 1. The van der Waals surface area contributed by atoms with Crippen molar-refractivity contribution in [1.82, 2.24) is 4.98 Å². The van der Waals surface area contributed by atoms with Crippen molar-refractivity contribution in [2.75, 3.05) is 11.4 Å². The molecular formula is C9H14N4O2S. The zero-order valence-corrected chi connectivity index (χ0v) is 9.81. The molecule has 16 heavy (non-hydrogen) atoms. The van der Waals surface area contributed by atoms with Gasteiger partial charge in [-0.05, 0) is 31.1 Å². The Morgan fingerprint density at radius 1 is 1.75 bits per heavy atom. The first-order valence-corrected chi connectivity index (χ1v) is 6.02. The van der Waals surface area contributed by atoms with Crippen molar-refractivity contribution in [3.63, 3.8) is 0 Å². The van der Waals surface area contributed by atoms with Gasteiger partial charge in [-0.2, -0.15) is 0 Å². The molecule has 0 saturated carbocycles. The Kier molecular flexibility index (Phi) is 3.06. The molecule has 1 aliphatic rings. The fourth-order valence-corrected chi connectivity index (χ4v) is 2.83. The predicted molar refractivity (Wildman–Crippen MR) is 62.8 cm³/mol. The van der Waals surface area contributed by atoms with Gasteiger partial charge in [0.25, 0.3) is 0 Å². The normalized spacial score (nSPS) is 25.8. The summed E-state index contributed by atoms with van der Waals surface area (Å²) in [4.78, 5) is 16.4. The van der Waals surface area contributed by atoms with E-state index in [1.165, 1.54) is 6.20 Å². The smallest absolute Gasteiger partial charge is 0.345 e. The molecule has 0 aliphatic carbocycles. The van der Waals surface area contributed by atoms with Gasteiger partial charge in [-0.3, -0.25) is 10.1 Å². The minimum Gasteiger partial charge on any atom is -0.345 e. The Hall–Kier alpha value is -1.21. The molecule has 2 atom stereocenters. The Bertz CT molecular complexity index is 395. The number of nitrogens with two attached hydrogens (primary N) is 1. The third kappa shape index (κ3) is 2.14. The number of hydrogen-bond donors (Lipinski definition) is 1. The Labute approximate surface area is 97.2 Å². The molecule has 0 radical (unpaired) electrons. The van der Waals surface area contributed by atoms with Crippen LogP contribution in [0.3, 0.4) is 0 Å². The van der Waals surface area contributed by atoms with Gasteiger partial charge in [-0.25, -0.2) is 4.98 Å². The Morgan fingerprint density at radius 3 is 3.06 bits per heavy atom. The van der Waals surface area contributed by atoms with Crippen LogP contribution in [0.5, 0.6) is 0 Å². The molecule has 1 aliphatic heterocycles. The molecule has 2 rings (SSSR count). The number of thiazole rings is 1. The van der Waals surface area contributed by atoms with Crippen molar-refractivity contribution in [1.29, 1.82) is 0 Å². The summed E-state index contributed by atoms with van der Waals surface area (Å²) in [5, 5.41) is 11.4. The second-order valence-electron chi connectivity index (χ2n) is 4.07. The molecule has 0 bridgehead atoms. The molecule has 1 aromatic rings. The van der Waals surface area contributed by atoms with Gasteiger partial charge in [0.15, 0.2) is 5.13 Å². The van der Waals surface area contributed by atoms with Crippen LogP contribution in [-0.4, -0.2) is 28.5 Å². The van der Waals surface area contributed by atoms with E-state index in [2.05, 4.69) is 16.8 Å². The van der Waals surface area contributed by atoms with Gasteiger partial charge < -0.3 is 10.6 Å². The van der Waals surface area contributed by atoms with Gasteiger partial charge in [-0.1, -0.05) is 0 Å². The summed E-state index contributed by atoms with van der Waals surface area (Å²) in [6, 6.07) is 0.538. The first-order valence-electron chi connectivity index (χ1n) is 5.20. The summed E-state index contributed by atoms with van der Waals surface area (Å²) >= 11 is 1.13. The summed E-state index contributed by atoms with van der Waals surface area (Å²) in [6.07, 6.45) is 3.15. The number of rotatable bonds is 2. The molecular weight excluding hydrogens is 228 g/mol. The highest BCUT2D eigenvalue weighted by atomic mass is 32.1. The van der Waals surface area contributed by atoms with Gasteiger partial charge in [0.05, 0.1) is 4.92 Å². The van der Waals surface area contributed by atoms with Gasteiger partial charge in [0.2, 0.25) is 0 Å². The van der Waals surface area contributed by atoms with Gasteiger partial charge in [-0.15, -0.1) is 0 Å². The first kappa shape index (κ1) is 11.3. The molecule has 1 saturated heterocycles. The van der Waals surface area contributed by atoms with Crippen molar-refractivity contribution in [3.05, 3.63) is 16.3 Å². The average Bonchev–Trinajstić information content (AvgIpc) is 2.66. The van der Waals surface area contributed by atoms with E-state index in [0.717, 1.165) is 35.9 Å². The van der Waals surface area contributed by atoms with E-state index in [1.807, 2.05) is 0 Å². The Balaban J connectivity index is 2.14. The quantitative estimate of drug-likeness (QED) is 0.625. The maximum atomic E-state index is 10.6. The van der Waals surface area contributed by atoms with Crippen molar-refractivity contribution < 1.29 is 4.92 Å². The standard InChI is InChI=1S/C9H14N4O2S/c1-6-4-7(10)2-3-12(6)9-11-5-8(16-9)13(14)15/h5-7H,2-4,10H2,1H3. The van der Waals surface area contributed by atoms with E-state index < -0.39 is 4.92 Å². The molecule has 0 spiro atoms. The lowest BCUT2D eigenvalue weighted by Gasteiger charge is -2.35. The highest BCUT2D eigenvalue weighted by Gasteiger charge is 2.26. The highest BCUT2D eigenvalue weighted by Crippen LogP contribution is 2.31. The number of hydrogen-bond acceptors (Lipinski definition) is 6. The second kappa shape index (κ2) is 4.34. The monoisotopic (exact) mass is 242 g/mol. The average molecular weight is 242 g/mol. The van der Waals surface area contributed by atoms with E-state index >= 15 is 0 Å². The molecule has 0 aromatic carbocycles. The van der Waals surface area contributed by atoms with E-state index in [0.29, 0.717) is 6.04 Å². The summed E-state index contributed by atoms with van der Waals surface area (Å²) in [5.74, 6) is 0. The zero-order valence-electron chi connectivity index (χ0n) is 9.00. The summed E-state index contributed by atoms with van der Waals surface area (Å²) in [7, 11) is 0. The van der Waals surface area contributed by atoms with Crippen molar-refractivity contribution in [2.24, 2.45) is 5.73 Å². The fourth-order valence-electron chi connectivity index (χ4n) is 1.97. The van der Waals surface area contributed by atoms with Crippen LogP contribution in [0.15, 0.2) is 6.20 Å². The SMILES string of the molecule is CC1CC(N)CCN1c1ncc([N+](=O)[O-])s1. The predicted octanol–water partition coefficient (Wildman–Crippen LogP) is 1.37. The maximum absolute atomic E-state index is 10.6. The molecule has 1 aromatic heterocycles. The van der Waals surface area contributed by atoms with Crippen molar-refractivity contribution >= 4 is 21.5 Å². The van der Waals surface area contributed by atoms with Crippen LogP contribution in [0.4, 0.5) is 10.1 Å². The van der Waals surface area contributed by atoms with Gasteiger partial charge >= 0.3 is 5.00 Å². The molecule has 2 N–H and O–H groups in total. The molecule has 0 amide bonds. The second-order valence-corrected chi connectivity index (χ2v) is 5.05. The minimum absolute atomic E-state index is 0.0945. The van der Waals surface area contributed by atoms with E-state index in [-0.39, 0.29) is 11.0 Å². The lowest BCUT2D eigenvalue weighted by Crippen LogP contribution is -2.45. The third-order valence-electron chi connectivity index (χ3n) is 2.82. The van der Waals surface area contributed by atoms with Crippen LogP contribution < -0.4 is 10.6 Å². The molecule has 88 valence electrons. The van der Waals surface area contributed by atoms with Gasteiger partial charge in [0.1, 0.15) is 6.20 Å². The Morgan fingerprint density at radius 2 is 2.50 bits per heavy atom. The number of nitrogens with zero attached hydrogens (tertiary/aromatic N) is 3. The van der Waals surface area contributed by atoms with E-state index in [1.54, 1.807) is 0 Å². The molecule has 6 nitrogen and oxygen atoms in total. The van der Waals surface area contributed by atoms with E-state index in [4.69, 9.17) is 5.73 Å². The van der Waals surface area contributed by atoms with Crippen LogP contribution in [-0.2, 0) is 0 Å². The van der Waals surface area contributed by atoms with Crippen LogP contribution in [0.2, 0.25) is 0 Å². The fraction of sp³-hybridized carbons (Fsp3) is 0.667. The summed E-state index contributed by atoms with van der Waals surface area (Å²) < 4.78 is 0. The zero-order chi connectivity index (χ0) is 11.7. The van der Waals surface area contributed by atoms with Crippen LogP contribution in [0.1, 0.15) is 19.8 Å². The molecule has 7 heteroatoms. The van der Waals surface area contributed by atoms with Gasteiger partial charge in [0, 0.05) is 18.6 Å². The maximum Gasteiger partial charge on any atom is 0.345 e. The van der Waals surface area contributed by atoms with Crippen LogP contribution in [0, 0.1) is 10.1 Å². The summed E-state index contributed by atoms with van der Waals surface area (Å²) in [5.41, 5.74) is 5.87. The molecule has 2 unspecified atom stereocenters. The van der Waals surface area contributed by atoms with Crippen molar-refractivity contribution in [2.45, 2.75) is 31.8 Å². The number of anilines is 1. The van der Waals surface area contributed by atoms with E-state index in [9.17, 15) is 10.1 Å². The lowest BCUT2D eigenvalue weighted by molar-refractivity contribution is -0.380. The lowest BCUT2D eigenvalue weighted by atomic mass is 10.00. The molecule has 1 fully saturated rings. The minimum atomic E-state index is -0.401. The number of piperidine rings is 1. The first-order chi connectivity index (χ1) is 7.58. The van der Waals surface area contributed by atoms with Crippen molar-refractivity contribution in [3.8, 4) is 0 Å². The topological polar surface area (TPSA) is 85.3 Å². The number of aromatic nitrogens is 1. The molecule has 2 heterocycles. The van der Waals surface area contributed by atoms with Crippen LogP contribution >= 0.6 is 11.3 Å². The highest BCUT2D eigenvalue weighted by molar-refractivity contribution is 7.18. The largest absolute Gasteiger partial charge is 0.345 e. The summed E-state index contributed by atoms with van der Waals surface area (Å²) in [6.45, 7) is 2.90. The van der Waals surface area contributed by atoms with Crippen LogP contribution in [0.25, 0.3) is 0 Å².